The van der Waals surface area contributed by atoms with Crippen molar-refractivity contribution in [3.63, 3.8) is 0 Å². The Morgan fingerprint density at radius 3 is 2.30 bits per heavy atom. The molecule has 62 valence electrons. The van der Waals surface area contributed by atoms with Crippen LogP contribution in [0.5, 0.6) is 0 Å². The average molecular weight is 165 g/mol. The van der Waals surface area contributed by atoms with E-state index in [4.69, 9.17) is 5.84 Å². The molecule has 0 radical (unpaired) electrons. The fourth-order valence-corrected chi connectivity index (χ4v) is 1.56. The maximum Gasteiger partial charge on any atom is 0.0236 e. The molecule has 1 saturated carbocycles. The lowest BCUT2D eigenvalue weighted by Crippen LogP contribution is -2.41. The molecule has 3 heteroatoms. The first-order valence-electron chi connectivity index (χ1n) is 3.80. The van der Waals surface area contributed by atoms with Gasteiger partial charge >= 0.3 is 0 Å². The number of hydrogen-bond donors (Lipinski definition) is 2. The van der Waals surface area contributed by atoms with Gasteiger partial charge in [0, 0.05) is 6.04 Å². The number of rotatable bonds is 1. The molecule has 0 heterocycles. The Kier molecular flexibility index (Phi) is 5.04. The number of nitrogens with one attached hydrogen (secondary N) is 1. The molecule has 0 aliphatic heterocycles. The normalized spacial score (nSPS) is 33.0. The minimum atomic E-state index is 0. The van der Waals surface area contributed by atoms with E-state index in [1.165, 1.54) is 25.7 Å². The smallest absolute Gasteiger partial charge is 0.0236 e. The van der Waals surface area contributed by atoms with Crippen molar-refractivity contribution < 1.29 is 0 Å². The van der Waals surface area contributed by atoms with Gasteiger partial charge in [-0.25, -0.2) is 0 Å². The highest BCUT2D eigenvalue weighted by Crippen LogP contribution is 2.22. The van der Waals surface area contributed by atoms with Crippen LogP contribution in [-0.2, 0) is 0 Å². The van der Waals surface area contributed by atoms with Crippen LogP contribution in [0.25, 0.3) is 0 Å². The summed E-state index contributed by atoms with van der Waals surface area (Å²) in [6, 6.07) is 0.582. The summed E-state index contributed by atoms with van der Waals surface area (Å²) in [4.78, 5) is 0. The second-order valence-electron chi connectivity index (χ2n) is 3.03. The molecule has 1 fully saturated rings. The molecular weight excluding hydrogens is 148 g/mol. The maximum atomic E-state index is 5.34. The van der Waals surface area contributed by atoms with Crippen LogP contribution in [0, 0.1) is 5.92 Å². The van der Waals surface area contributed by atoms with Gasteiger partial charge in [-0.15, -0.1) is 12.4 Å². The SMILES string of the molecule is C[C@H]1CCCC[C@H]1NN.Cl. The van der Waals surface area contributed by atoms with Gasteiger partial charge in [0.25, 0.3) is 0 Å². The maximum absolute atomic E-state index is 5.34. The summed E-state index contributed by atoms with van der Waals surface area (Å²) >= 11 is 0. The Balaban J connectivity index is 0.000000810. The zero-order chi connectivity index (χ0) is 6.69. The molecule has 0 bridgehead atoms. The lowest BCUT2D eigenvalue weighted by atomic mass is 9.86. The standard InChI is InChI=1S/C7H16N2.ClH/c1-6-4-2-3-5-7(6)9-8;/h6-7,9H,2-5,8H2,1H3;1H/t6-,7+;/m0./s1. The van der Waals surface area contributed by atoms with E-state index in [1.54, 1.807) is 0 Å². The summed E-state index contributed by atoms with van der Waals surface area (Å²) in [5.74, 6) is 6.12. The molecule has 1 rings (SSSR count). The number of halogens is 1. The van der Waals surface area contributed by atoms with E-state index < -0.39 is 0 Å². The lowest BCUT2D eigenvalue weighted by Gasteiger charge is -2.27. The molecule has 0 aromatic rings. The second kappa shape index (κ2) is 4.94. The quantitative estimate of drug-likeness (QED) is 0.455. The highest BCUT2D eigenvalue weighted by Gasteiger charge is 2.18. The van der Waals surface area contributed by atoms with E-state index >= 15 is 0 Å². The van der Waals surface area contributed by atoms with E-state index in [0.717, 1.165) is 5.92 Å². The van der Waals surface area contributed by atoms with Crippen molar-refractivity contribution in [1.82, 2.24) is 5.43 Å². The Morgan fingerprint density at radius 2 is 1.90 bits per heavy atom. The van der Waals surface area contributed by atoms with Crippen LogP contribution in [0.2, 0.25) is 0 Å². The van der Waals surface area contributed by atoms with Crippen LogP contribution < -0.4 is 11.3 Å². The van der Waals surface area contributed by atoms with Gasteiger partial charge in [0.2, 0.25) is 0 Å². The largest absolute Gasteiger partial charge is 0.271 e. The molecule has 0 aromatic carbocycles. The Hall–Kier alpha value is 0.210. The third kappa shape index (κ3) is 2.45. The molecule has 0 spiro atoms. The predicted octanol–water partition coefficient (Wildman–Crippen LogP) is 1.45. The Labute approximate surface area is 68.9 Å². The van der Waals surface area contributed by atoms with Crippen molar-refractivity contribution in [1.29, 1.82) is 0 Å². The van der Waals surface area contributed by atoms with Crippen LogP contribution in [0.4, 0.5) is 0 Å². The molecule has 1 aliphatic rings. The zero-order valence-corrected chi connectivity index (χ0v) is 7.29. The Morgan fingerprint density at radius 1 is 1.30 bits per heavy atom. The van der Waals surface area contributed by atoms with Crippen molar-refractivity contribution in [2.45, 2.75) is 38.6 Å². The van der Waals surface area contributed by atoms with Crippen LogP contribution in [0.1, 0.15) is 32.6 Å². The molecule has 10 heavy (non-hydrogen) atoms. The van der Waals surface area contributed by atoms with E-state index in [1.807, 2.05) is 0 Å². The van der Waals surface area contributed by atoms with E-state index in [0.29, 0.717) is 6.04 Å². The zero-order valence-electron chi connectivity index (χ0n) is 6.47. The molecule has 2 nitrogen and oxygen atoms in total. The summed E-state index contributed by atoms with van der Waals surface area (Å²) in [7, 11) is 0. The van der Waals surface area contributed by atoms with Gasteiger partial charge < -0.3 is 0 Å². The third-order valence-corrected chi connectivity index (χ3v) is 2.33. The van der Waals surface area contributed by atoms with Crippen LogP contribution in [0.15, 0.2) is 0 Å². The van der Waals surface area contributed by atoms with Crippen LogP contribution in [0.3, 0.4) is 0 Å². The van der Waals surface area contributed by atoms with Crippen LogP contribution in [-0.4, -0.2) is 6.04 Å². The van der Waals surface area contributed by atoms with Gasteiger partial charge in [0.1, 0.15) is 0 Å². The van der Waals surface area contributed by atoms with Crippen molar-refractivity contribution in [2.75, 3.05) is 0 Å². The minimum Gasteiger partial charge on any atom is -0.271 e. The van der Waals surface area contributed by atoms with E-state index in [-0.39, 0.29) is 12.4 Å². The molecule has 0 saturated heterocycles. The monoisotopic (exact) mass is 164 g/mol. The summed E-state index contributed by atoms with van der Waals surface area (Å²) in [6.45, 7) is 2.27. The fraction of sp³-hybridized carbons (Fsp3) is 1.00. The highest BCUT2D eigenvalue weighted by molar-refractivity contribution is 5.85. The fourth-order valence-electron chi connectivity index (χ4n) is 1.56. The van der Waals surface area contributed by atoms with E-state index in [2.05, 4.69) is 12.3 Å². The van der Waals surface area contributed by atoms with Gasteiger partial charge in [0.15, 0.2) is 0 Å². The molecule has 0 amide bonds. The molecule has 0 unspecified atom stereocenters. The van der Waals surface area contributed by atoms with E-state index in [9.17, 15) is 0 Å². The summed E-state index contributed by atoms with van der Waals surface area (Å²) < 4.78 is 0. The van der Waals surface area contributed by atoms with Crippen molar-refractivity contribution in [3.05, 3.63) is 0 Å². The van der Waals surface area contributed by atoms with Crippen molar-refractivity contribution in [3.8, 4) is 0 Å². The van der Waals surface area contributed by atoms with Crippen molar-refractivity contribution >= 4 is 12.4 Å². The predicted molar refractivity (Wildman–Crippen MR) is 46.0 cm³/mol. The number of hydrazine groups is 1. The number of nitrogens with two attached hydrogens (primary N) is 1. The van der Waals surface area contributed by atoms with Crippen LogP contribution >= 0.6 is 12.4 Å². The molecule has 0 aromatic heterocycles. The summed E-state index contributed by atoms with van der Waals surface area (Å²) in [6.07, 6.45) is 5.34. The van der Waals surface area contributed by atoms with Gasteiger partial charge in [0.05, 0.1) is 0 Å². The van der Waals surface area contributed by atoms with Gasteiger partial charge in [-0.2, -0.15) is 0 Å². The first kappa shape index (κ1) is 10.2. The summed E-state index contributed by atoms with van der Waals surface area (Å²) in [5, 5.41) is 0. The van der Waals surface area contributed by atoms with Gasteiger partial charge in [-0.3, -0.25) is 11.3 Å². The van der Waals surface area contributed by atoms with Gasteiger partial charge in [-0.1, -0.05) is 19.8 Å². The summed E-state index contributed by atoms with van der Waals surface area (Å²) in [5.41, 5.74) is 2.85. The first-order valence-corrected chi connectivity index (χ1v) is 3.80. The first-order chi connectivity index (χ1) is 4.34. The molecule has 3 N–H and O–H groups in total. The molecule has 1 aliphatic carbocycles. The van der Waals surface area contributed by atoms with Crippen molar-refractivity contribution in [2.24, 2.45) is 11.8 Å². The molecular formula is C7H17ClN2. The topological polar surface area (TPSA) is 38.0 Å². The third-order valence-electron chi connectivity index (χ3n) is 2.33. The second-order valence-corrected chi connectivity index (χ2v) is 3.03. The lowest BCUT2D eigenvalue weighted by molar-refractivity contribution is 0.284. The average Bonchev–Trinajstić information content (AvgIpc) is 1.89. The Bertz CT molecular complexity index is 87.7. The highest BCUT2D eigenvalue weighted by atomic mass is 35.5. The van der Waals surface area contributed by atoms with Gasteiger partial charge in [-0.05, 0) is 18.8 Å². The minimum absolute atomic E-state index is 0. The number of hydrogen-bond acceptors (Lipinski definition) is 2. The molecule has 2 atom stereocenters.